The fourth-order valence-corrected chi connectivity index (χ4v) is 2.97. The van der Waals surface area contributed by atoms with Crippen molar-refractivity contribution in [1.82, 2.24) is 20.3 Å². The molecule has 7 nitrogen and oxygen atoms in total. The third-order valence-corrected chi connectivity index (χ3v) is 4.87. The molecule has 7 heteroatoms. The number of rotatable bonds is 9. The first-order valence-electron chi connectivity index (χ1n) is 10.0. The molecule has 0 aliphatic heterocycles. The Labute approximate surface area is 177 Å². The number of aromatic amines is 1. The van der Waals surface area contributed by atoms with Gasteiger partial charge >= 0.3 is 0 Å². The monoisotopic (exact) mass is 403 g/mol. The van der Waals surface area contributed by atoms with Crippen molar-refractivity contribution >= 4 is 12.4 Å². The van der Waals surface area contributed by atoms with E-state index in [1.165, 1.54) is 0 Å². The number of imidazole rings is 1. The van der Waals surface area contributed by atoms with Crippen LogP contribution in [0.1, 0.15) is 31.3 Å². The van der Waals surface area contributed by atoms with Crippen LogP contribution in [-0.4, -0.2) is 34.8 Å². The van der Waals surface area contributed by atoms with E-state index >= 15 is 0 Å². The van der Waals surface area contributed by atoms with Gasteiger partial charge in [0.05, 0.1) is 23.1 Å². The van der Waals surface area contributed by atoms with Crippen LogP contribution in [0.4, 0.5) is 0 Å². The van der Waals surface area contributed by atoms with Crippen LogP contribution < -0.4 is 16.8 Å². The number of hydrogen-bond donors (Lipinski definition) is 4. The van der Waals surface area contributed by atoms with Gasteiger partial charge in [-0.2, -0.15) is 0 Å². The lowest BCUT2D eigenvalue weighted by Gasteiger charge is -2.11. The Morgan fingerprint density at radius 2 is 1.87 bits per heavy atom. The number of nitrogens with two attached hydrogens (primary N) is 2. The first kappa shape index (κ1) is 21.4. The summed E-state index contributed by atoms with van der Waals surface area (Å²) in [4.78, 5) is 16.5. The number of hydrogen-bond acceptors (Lipinski definition) is 6. The minimum atomic E-state index is -0.102. The van der Waals surface area contributed by atoms with E-state index in [2.05, 4.69) is 45.8 Å². The van der Waals surface area contributed by atoms with Gasteiger partial charge in [-0.05, 0) is 24.8 Å². The summed E-state index contributed by atoms with van der Waals surface area (Å²) in [5.74, 6) is 1.13. The smallest absolute Gasteiger partial charge is 0.124 e. The second-order valence-electron chi connectivity index (χ2n) is 7.38. The van der Waals surface area contributed by atoms with Gasteiger partial charge in [0.2, 0.25) is 0 Å². The van der Waals surface area contributed by atoms with E-state index in [1.807, 2.05) is 42.6 Å². The summed E-state index contributed by atoms with van der Waals surface area (Å²) >= 11 is 0. The molecule has 0 amide bonds. The lowest BCUT2D eigenvalue weighted by molar-refractivity contribution is 0.494. The number of nitrogens with one attached hydrogen (secondary N) is 2. The van der Waals surface area contributed by atoms with Gasteiger partial charge in [-0.1, -0.05) is 38.1 Å². The molecule has 0 saturated carbocycles. The number of H-pyrrole nitrogens is 1. The second kappa shape index (κ2) is 9.96. The summed E-state index contributed by atoms with van der Waals surface area (Å²) in [6, 6.07) is 12.0. The van der Waals surface area contributed by atoms with Crippen molar-refractivity contribution in [3.05, 3.63) is 66.4 Å². The lowest BCUT2D eigenvalue weighted by atomic mass is 10.1. The van der Waals surface area contributed by atoms with Crippen molar-refractivity contribution in [2.75, 3.05) is 13.1 Å². The molecule has 3 rings (SSSR count). The normalized spacial score (nSPS) is 12.8. The van der Waals surface area contributed by atoms with Crippen molar-refractivity contribution in [3.8, 4) is 22.5 Å². The van der Waals surface area contributed by atoms with Gasteiger partial charge < -0.3 is 21.8 Å². The maximum atomic E-state index is 6.18. The minimum Gasteiger partial charge on any atom is -0.388 e. The van der Waals surface area contributed by atoms with Crippen molar-refractivity contribution in [3.63, 3.8) is 0 Å². The van der Waals surface area contributed by atoms with E-state index < -0.39 is 0 Å². The first-order valence-corrected chi connectivity index (χ1v) is 10.0. The molecule has 1 unspecified atom stereocenters. The summed E-state index contributed by atoms with van der Waals surface area (Å²) in [5, 5.41) is 3.10. The third-order valence-electron chi connectivity index (χ3n) is 4.87. The van der Waals surface area contributed by atoms with E-state index in [1.54, 1.807) is 12.4 Å². The molecular weight excluding hydrogens is 374 g/mol. The predicted molar refractivity (Wildman–Crippen MR) is 124 cm³/mol. The molecule has 0 fully saturated rings. The van der Waals surface area contributed by atoms with Gasteiger partial charge in [-0.25, -0.2) is 4.98 Å². The molecule has 0 aliphatic rings. The van der Waals surface area contributed by atoms with Crippen LogP contribution in [0.5, 0.6) is 0 Å². The number of aliphatic imine (C=N–C) groups is 1. The topological polar surface area (TPSA) is 118 Å². The van der Waals surface area contributed by atoms with Crippen LogP contribution in [0.2, 0.25) is 0 Å². The van der Waals surface area contributed by atoms with Gasteiger partial charge in [0, 0.05) is 48.4 Å². The zero-order valence-electron chi connectivity index (χ0n) is 17.5. The Bertz CT molecular complexity index is 985. The van der Waals surface area contributed by atoms with Crippen molar-refractivity contribution in [2.45, 2.75) is 19.9 Å². The van der Waals surface area contributed by atoms with Crippen LogP contribution in [0.15, 0.2) is 60.0 Å². The standard InChI is InChI=1S/C23H29N7/c1-15(2)22(25)23-29-14-21(30-23)17-6-4-16(5-7-17)19-9-8-18(12-28-19)20(26-3)13-27-11-10-24/h4-9,12-15,22,27H,3,10-11,24-25H2,1-2H3,(H,29,30)/b20-13-. The molecule has 0 spiro atoms. The average Bonchev–Trinajstić information content (AvgIpc) is 3.27. The van der Waals surface area contributed by atoms with E-state index in [0.29, 0.717) is 19.0 Å². The van der Waals surface area contributed by atoms with E-state index in [9.17, 15) is 0 Å². The maximum Gasteiger partial charge on any atom is 0.124 e. The number of benzene rings is 1. The molecule has 1 aromatic carbocycles. The Kier molecular flexibility index (Phi) is 7.11. The second-order valence-corrected chi connectivity index (χ2v) is 7.38. The summed E-state index contributed by atoms with van der Waals surface area (Å²) in [6.07, 6.45) is 5.49. The molecule has 0 radical (unpaired) electrons. The number of nitrogens with zero attached hydrogens (tertiary/aromatic N) is 3. The highest BCUT2D eigenvalue weighted by Crippen LogP contribution is 2.25. The first-order chi connectivity index (χ1) is 14.5. The summed E-state index contributed by atoms with van der Waals surface area (Å²) in [7, 11) is 0. The van der Waals surface area contributed by atoms with Crippen molar-refractivity contribution < 1.29 is 0 Å². The van der Waals surface area contributed by atoms with E-state index in [4.69, 9.17) is 11.5 Å². The largest absolute Gasteiger partial charge is 0.388 e. The van der Waals surface area contributed by atoms with Gasteiger partial charge in [0.25, 0.3) is 0 Å². The number of pyridine rings is 1. The zero-order valence-corrected chi connectivity index (χ0v) is 17.5. The van der Waals surface area contributed by atoms with E-state index in [-0.39, 0.29) is 6.04 Å². The van der Waals surface area contributed by atoms with Crippen LogP contribution in [-0.2, 0) is 0 Å². The quantitative estimate of drug-likeness (QED) is 0.323. The van der Waals surface area contributed by atoms with Gasteiger partial charge in [0.15, 0.2) is 0 Å². The summed E-state index contributed by atoms with van der Waals surface area (Å²) < 4.78 is 0. The fourth-order valence-electron chi connectivity index (χ4n) is 2.97. The van der Waals surface area contributed by atoms with Gasteiger partial charge in [-0.15, -0.1) is 0 Å². The molecule has 2 heterocycles. The van der Waals surface area contributed by atoms with Crippen LogP contribution >= 0.6 is 0 Å². The SMILES string of the molecule is C=N/C(=C\NCCN)c1ccc(-c2ccc(-c3c[nH]c(C(N)C(C)C)n3)cc2)nc1. The van der Waals surface area contributed by atoms with Crippen LogP contribution in [0, 0.1) is 5.92 Å². The minimum absolute atomic E-state index is 0.102. The lowest BCUT2D eigenvalue weighted by Crippen LogP contribution is -2.18. The van der Waals surface area contributed by atoms with Crippen LogP contribution in [0.25, 0.3) is 28.2 Å². The summed E-state index contributed by atoms with van der Waals surface area (Å²) in [6.45, 7) is 9.02. The Hall–Kier alpha value is -3.29. The molecule has 30 heavy (non-hydrogen) atoms. The molecular formula is C23H29N7. The maximum absolute atomic E-state index is 6.18. The highest BCUT2D eigenvalue weighted by atomic mass is 15.0. The van der Waals surface area contributed by atoms with E-state index in [0.717, 1.165) is 39.6 Å². The molecule has 1 atom stereocenters. The highest BCUT2D eigenvalue weighted by Gasteiger charge is 2.14. The molecule has 3 aromatic rings. The average molecular weight is 404 g/mol. The van der Waals surface area contributed by atoms with Gasteiger partial charge in [-0.3, -0.25) is 9.98 Å². The highest BCUT2D eigenvalue weighted by molar-refractivity contribution is 5.70. The van der Waals surface area contributed by atoms with Gasteiger partial charge in [0.1, 0.15) is 5.82 Å². The van der Waals surface area contributed by atoms with Crippen LogP contribution in [0.3, 0.4) is 0 Å². The third kappa shape index (κ3) is 5.00. The number of aromatic nitrogens is 3. The molecule has 0 saturated heterocycles. The Morgan fingerprint density at radius 1 is 1.17 bits per heavy atom. The van der Waals surface area contributed by atoms with Crippen molar-refractivity contribution in [2.24, 2.45) is 22.4 Å². The molecule has 156 valence electrons. The predicted octanol–water partition coefficient (Wildman–Crippen LogP) is 3.34. The Balaban J connectivity index is 1.75. The molecule has 0 bridgehead atoms. The molecule has 6 N–H and O–H groups in total. The molecule has 2 aromatic heterocycles. The Morgan fingerprint density at radius 3 is 2.43 bits per heavy atom. The molecule has 0 aliphatic carbocycles. The zero-order chi connectivity index (χ0) is 21.5. The van der Waals surface area contributed by atoms with Crippen molar-refractivity contribution in [1.29, 1.82) is 0 Å². The fraction of sp³-hybridized carbons (Fsp3) is 0.261. The summed E-state index contributed by atoms with van der Waals surface area (Å²) in [5.41, 5.74) is 17.1.